The Hall–Kier alpha value is -2.32. The van der Waals surface area contributed by atoms with Crippen LogP contribution >= 0.6 is 0 Å². The summed E-state index contributed by atoms with van der Waals surface area (Å²) in [5, 5.41) is 5.60. The van der Waals surface area contributed by atoms with Gasteiger partial charge in [0, 0.05) is 25.3 Å². The molecule has 0 saturated carbocycles. The summed E-state index contributed by atoms with van der Waals surface area (Å²) in [7, 11) is 0. The van der Waals surface area contributed by atoms with Crippen LogP contribution in [0.4, 0.5) is 10.5 Å². The third kappa shape index (κ3) is 4.33. The SMILES string of the molecule is O=C(NCCCN1CCOCC1)Nc1ccc2[nH]c(=O)[nH]c2c1. The van der Waals surface area contributed by atoms with Crippen LogP contribution in [0.3, 0.4) is 0 Å². The molecule has 0 spiro atoms. The van der Waals surface area contributed by atoms with E-state index in [4.69, 9.17) is 4.74 Å². The van der Waals surface area contributed by atoms with Gasteiger partial charge in [-0.05, 0) is 31.2 Å². The molecule has 1 aromatic carbocycles. The summed E-state index contributed by atoms with van der Waals surface area (Å²) < 4.78 is 5.30. The Bertz CT molecular complexity index is 717. The van der Waals surface area contributed by atoms with Gasteiger partial charge in [0.25, 0.3) is 0 Å². The van der Waals surface area contributed by atoms with Crippen LogP contribution in [0.1, 0.15) is 6.42 Å². The van der Waals surface area contributed by atoms with E-state index in [-0.39, 0.29) is 11.7 Å². The normalized spacial score (nSPS) is 15.7. The molecule has 1 aromatic heterocycles. The fourth-order valence-corrected chi connectivity index (χ4v) is 2.61. The second kappa shape index (κ2) is 7.30. The van der Waals surface area contributed by atoms with Gasteiger partial charge in [-0.25, -0.2) is 9.59 Å². The second-order valence-corrected chi connectivity index (χ2v) is 5.53. The molecule has 1 aliphatic heterocycles. The molecule has 124 valence electrons. The highest BCUT2D eigenvalue weighted by Gasteiger charge is 2.09. The molecular formula is C15H21N5O3. The van der Waals surface area contributed by atoms with Crippen molar-refractivity contribution in [3.05, 3.63) is 28.7 Å². The Labute approximate surface area is 133 Å². The Kier molecular flexibility index (Phi) is 4.94. The molecule has 23 heavy (non-hydrogen) atoms. The van der Waals surface area contributed by atoms with Crippen LogP contribution in [0.15, 0.2) is 23.0 Å². The summed E-state index contributed by atoms with van der Waals surface area (Å²) in [6, 6.07) is 4.98. The number of benzene rings is 1. The summed E-state index contributed by atoms with van der Waals surface area (Å²) in [5.74, 6) is 0. The van der Waals surface area contributed by atoms with Crippen molar-refractivity contribution in [1.82, 2.24) is 20.2 Å². The zero-order chi connectivity index (χ0) is 16.1. The number of nitrogens with zero attached hydrogens (tertiary/aromatic N) is 1. The van der Waals surface area contributed by atoms with Crippen molar-refractivity contribution >= 4 is 22.8 Å². The van der Waals surface area contributed by atoms with E-state index in [1.165, 1.54) is 0 Å². The molecule has 0 aliphatic carbocycles. The number of hydrogen-bond donors (Lipinski definition) is 4. The number of aromatic nitrogens is 2. The van der Waals surface area contributed by atoms with E-state index in [2.05, 4.69) is 25.5 Å². The van der Waals surface area contributed by atoms with E-state index in [1.54, 1.807) is 18.2 Å². The van der Waals surface area contributed by atoms with Gasteiger partial charge in [-0.3, -0.25) is 4.90 Å². The quantitative estimate of drug-likeness (QED) is 0.609. The molecule has 0 bridgehead atoms. The number of fused-ring (bicyclic) bond motifs is 1. The summed E-state index contributed by atoms with van der Waals surface area (Å²) in [6.45, 7) is 5.07. The van der Waals surface area contributed by atoms with E-state index >= 15 is 0 Å². The highest BCUT2D eigenvalue weighted by Crippen LogP contribution is 2.14. The topological polar surface area (TPSA) is 102 Å². The first kappa shape index (κ1) is 15.6. The number of rotatable bonds is 5. The Morgan fingerprint density at radius 3 is 2.83 bits per heavy atom. The minimum Gasteiger partial charge on any atom is -0.379 e. The molecule has 3 rings (SSSR count). The van der Waals surface area contributed by atoms with Crippen molar-refractivity contribution < 1.29 is 9.53 Å². The highest BCUT2D eigenvalue weighted by atomic mass is 16.5. The third-order valence-electron chi connectivity index (χ3n) is 3.81. The lowest BCUT2D eigenvalue weighted by molar-refractivity contribution is 0.0375. The number of aromatic amines is 2. The van der Waals surface area contributed by atoms with E-state index in [0.717, 1.165) is 39.3 Å². The molecule has 8 nitrogen and oxygen atoms in total. The Morgan fingerprint density at radius 1 is 1.22 bits per heavy atom. The molecule has 2 aromatic rings. The molecule has 1 fully saturated rings. The monoisotopic (exact) mass is 319 g/mol. The van der Waals surface area contributed by atoms with Gasteiger partial charge in [0.2, 0.25) is 0 Å². The first-order valence-electron chi connectivity index (χ1n) is 7.78. The lowest BCUT2D eigenvalue weighted by Gasteiger charge is -2.26. The number of anilines is 1. The van der Waals surface area contributed by atoms with Crippen LogP contribution in [-0.2, 0) is 4.74 Å². The lowest BCUT2D eigenvalue weighted by Crippen LogP contribution is -2.38. The minimum absolute atomic E-state index is 0.246. The lowest BCUT2D eigenvalue weighted by atomic mass is 10.3. The molecule has 2 heterocycles. The number of H-pyrrole nitrogens is 2. The van der Waals surface area contributed by atoms with Gasteiger partial charge < -0.3 is 25.3 Å². The number of carbonyl (C=O) groups excluding carboxylic acids is 1. The van der Waals surface area contributed by atoms with Crippen LogP contribution in [0.5, 0.6) is 0 Å². The number of carbonyl (C=O) groups is 1. The number of hydrogen-bond acceptors (Lipinski definition) is 4. The van der Waals surface area contributed by atoms with Gasteiger partial charge in [0.05, 0.1) is 24.2 Å². The molecule has 1 saturated heterocycles. The molecule has 0 radical (unpaired) electrons. The third-order valence-corrected chi connectivity index (χ3v) is 3.81. The first-order valence-corrected chi connectivity index (χ1v) is 7.78. The predicted molar refractivity (Wildman–Crippen MR) is 87.8 cm³/mol. The minimum atomic E-state index is -0.260. The van der Waals surface area contributed by atoms with Crippen molar-refractivity contribution in [2.24, 2.45) is 0 Å². The second-order valence-electron chi connectivity index (χ2n) is 5.53. The van der Waals surface area contributed by atoms with Crippen LogP contribution in [-0.4, -0.2) is 60.3 Å². The van der Waals surface area contributed by atoms with Gasteiger partial charge in [-0.2, -0.15) is 0 Å². The van der Waals surface area contributed by atoms with Gasteiger partial charge in [-0.15, -0.1) is 0 Å². The van der Waals surface area contributed by atoms with Crippen molar-refractivity contribution in [1.29, 1.82) is 0 Å². The van der Waals surface area contributed by atoms with Crippen LogP contribution in [0, 0.1) is 0 Å². The predicted octanol–water partition coefficient (Wildman–Crippen LogP) is 0.700. The Morgan fingerprint density at radius 2 is 2.00 bits per heavy atom. The number of imidazole rings is 1. The number of amides is 2. The number of nitrogens with one attached hydrogen (secondary N) is 4. The van der Waals surface area contributed by atoms with Crippen molar-refractivity contribution in [2.45, 2.75) is 6.42 Å². The summed E-state index contributed by atoms with van der Waals surface area (Å²) in [5.41, 5.74) is 1.76. The average Bonchev–Trinajstić information content (AvgIpc) is 2.92. The standard InChI is InChI=1S/C15H21N5O3/c21-14(16-4-1-5-20-6-8-23-9-7-20)17-11-2-3-12-13(10-11)19-15(22)18-12/h2-3,10H,1,4-9H2,(H2,16,17,21)(H2,18,19,22). The zero-order valence-electron chi connectivity index (χ0n) is 12.9. The molecule has 0 unspecified atom stereocenters. The summed E-state index contributed by atoms with van der Waals surface area (Å²) >= 11 is 0. The zero-order valence-corrected chi connectivity index (χ0v) is 12.9. The van der Waals surface area contributed by atoms with E-state index in [0.29, 0.717) is 23.3 Å². The maximum atomic E-state index is 11.9. The molecule has 1 aliphatic rings. The number of morpholine rings is 1. The van der Waals surface area contributed by atoms with Gasteiger partial charge in [0.1, 0.15) is 0 Å². The maximum Gasteiger partial charge on any atom is 0.323 e. The molecule has 8 heteroatoms. The highest BCUT2D eigenvalue weighted by molar-refractivity contribution is 5.91. The maximum absolute atomic E-state index is 11.9. The average molecular weight is 319 g/mol. The van der Waals surface area contributed by atoms with E-state index in [9.17, 15) is 9.59 Å². The first-order chi connectivity index (χ1) is 11.2. The molecule has 2 amide bonds. The van der Waals surface area contributed by atoms with Crippen molar-refractivity contribution in [3.63, 3.8) is 0 Å². The van der Waals surface area contributed by atoms with Gasteiger partial charge in [0.15, 0.2) is 0 Å². The van der Waals surface area contributed by atoms with Crippen LogP contribution in [0.2, 0.25) is 0 Å². The smallest absolute Gasteiger partial charge is 0.323 e. The summed E-state index contributed by atoms with van der Waals surface area (Å²) in [4.78, 5) is 30.7. The molecule has 0 atom stereocenters. The van der Waals surface area contributed by atoms with E-state index in [1.807, 2.05) is 0 Å². The Balaban J connectivity index is 1.42. The van der Waals surface area contributed by atoms with Crippen LogP contribution in [0.25, 0.3) is 11.0 Å². The van der Waals surface area contributed by atoms with E-state index < -0.39 is 0 Å². The largest absolute Gasteiger partial charge is 0.379 e. The summed E-state index contributed by atoms with van der Waals surface area (Å²) in [6.07, 6.45) is 0.900. The number of ether oxygens (including phenoxy) is 1. The van der Waals surface area contributed by atoms with Crippen molar-refractivity contribution in [3.8, 4) is 0 Å². The van der Waals surface area contributed by atoms with Gasteiger partial charge in [-0.1, -0.05) is 0 Å². The fourth-order valence-electron chi connectivity index (χ4n) is 2.61. The number of urea groups is 1. The van der Waals surface area contributed by atoms with Crippen molar-refractivity contribution in [2.75, 3.05) is 44.7 Å². The fraction of sp³-hybridized carbons (Fsp3) is 0.467. The van der Waals surface area contributed by atoms with Crippen LogP contribution < -0.4 is 16.3 Å². The molecular weight excluding hydrogens is 298 g/mol. The molecule has 4 N–H and O–H groups in total. The van der Waals surface area contributed by atoms with Gasteiger partial charge >= 0.3 is 11.7 Å².